The highest BCUT2D eigenvalue weighted by Crippen LogP contribution is 2.28. The molecule has 0 aliphatic carbocycles. The summed E-state index contributed by atoms with van der Waals surface area (Å²) in [6, 6.07) is 13.8. The van der Waals surface area contributed by atoms with Crippen LogP contribution in [0.1, 0.15) is 21.5 Å². The molecule has 5 nitrogen and oxygen atoms in total. The van der Waals surface area contributed by atoms with Crippen LogP contribution < -0.4 is 9.47 Å². The Morgan fingerprint density at radius 2 is 2.05 bits per heavy atom. The van der Waals surface area contributed by atoms with Crippen molar-refractivity contribution in [3.8, 4) is 17.6 Å². The van der Waals surface area contributed by atoms with Crippen LogP contribution in [0.15, 0.2) is 42.5 Å². The van der Waals surface area contributed by atoms with Crippen LogP contribution in [0.5, 0.6) is 11.5 Å². The number of carboxylic acids is 1. The molecule has 0 aromatic heterocycles. The number of methoxy groups -OCH3 is 1. The number of hydrogen-bond acceptors (Lipinski definition) is 4. The van der Waals surface area contributed by atoms with Crippen LogP contribution in [0.4, 0.5) is 0 Å². The van der Waals surface area contributed by atoms with Gasteiger partial charge in [0.05, 0.1) is 30.9 Å². The van der Waals surface area contributed by atoms with Gasteiger partial charge in [-0.15, -0.1) is 0 Å². The Morgan fingerprint density at radius 3 is 2.73 bits per heavy atom. The number of rotatable bonds is 6. The van der Waals surface area contributed by atoms with Crippen molar-refractivity contribution in [3.05, 3.63) is 59.2 Å². The average molecular weight is 297 g/mol. The van der Waals surface area contributed by atoms with Crippen LogP contribution in [-0.4, -0.2) is 24.8 Å². The Kier molecular flexibility index (Phi) is 4.99. The van der Waals surface area contributed by atoms with Crippen molar-refractivity contribution in [2.75, 3.05) is 13.7 Å². The molecule has 2 rings (SSSR count). The maximum Gasteiger partial charge on any atom is 0.335 e. The number of benzene rings is 2. The largest absolute Gasteiger partial charge is 0.493 e. The number of carbonyl (C=O) groups is 1. The predicted octanol–water partition coefficient (Wildman–Crippen LogP) is 2.89. The summed E-state index contributed by atoms with van der Waals surface area (Å²) < 4.78 is 10.8. The second-order valence-electron chi connectivity index (χ2n) is 4.58. The highest BCUT2D eigenvalue weighted by Gasteiger charge is 2.10. The van der Waals surface area contributed by atoms with E-state index in [9.17, 15) is 4.79 Å². The van der Waals surface area contributed by atoms with E-state index in [-0.39, 0.29) is 5.56 Å². The van der Waals surface area contributed by atoms with Gasteiger partial charge in [0.1, 0.15) is 0 Å². The lowest BCUT2D eigenvalue weighted by atomic mass is 10.1. The number of carboxylic acid groups (broad SMARTS) is 1. The molecule has 5 heteroatoms. The molecule has 2 aromatic rings. The molecule has 0 aliphatic heterocycles. The van der Waals surface area contributed by atoms with E-state index in [1.807, 2.05) is 12.1 Å². The van der Waals surface area contributed by atoms with E-state index in [1.165, 1.54) is 19.2 Å². The van der Waals surface area contributed by atoms with Gasteiger partial charge in [-0.1, -0.05) is 12.1 Å². The minimum absolute atomic E-state index is 0.141. The number of ether oxygens (including phenoxy) is 2. The van der Waals surface area contributed by atoms with Crippen LogP contribution in [-0.2, 0) is 6.42 Å². The highest BCUT2D eigenvalue weighted by atomic mass is 16.5. The topological polar surface area (TPSA) is 79.6 Å². The van der Waals surface area contributed by atoms with Gasteiger partial charge in [0.25, 0.3) is 0 Å². The molecule has 112 valence electrons. The monoisotopic (exact) mass is 297 g/mol. The molecule has 0 saturated heterocycles. The van der Waals surface area contributed by atoms with Gasteiger partial charge >= 0.3 is 5.97 Å². The molecular formula is C17H15NO4. The molecular weight excluding hydrogens is 282 g/mol. The molecule has 0 bridgehead atoms. The smallest absolute Gasteiger partial charge is 0.335 e. The van der Waals surface area contributed by atoms with Crippen LogP contribution in [0.2, 0.25) is 0 Å². The van der Waals surface area contributed by atoms with Crippen molar-refractivity contribution in [2.45, 2.75) is 6.42 Å². The molecule has 0 unspecified atom stereocenters. The van der Waals surface area contributed by atoms with E-state index < -0.39 is 5.97 Å². The molecule has 0 spiro atoms. The summed E-state index contributed by atoms with van der Waals surface area (Å²) in [7, 11) is 1.50. The number of nitriles is 1. The molecule has 0 saturated carbocycles. The standard InChI is InChI=1S/C17H15NO4/c1-21-15-6-5-14(17(19)20)10-16(15)22-8-7-12-3-2-4-13(9-12)11-18/h2-6,9-10H,7-8H2,1H3,(H,19,20). The van der Waals surface area contributed by atoms with Crippen molar-refractivity contribution in [3.63, 3.8) is 0 Å². The Hall–Kier alpha value is -3.00. The predicted molar refractivity (Wildman–Crippen MR) is 80.3 cm³/mol. The zero-order valence-electron chi connectivity index (χ0n) is 12.1. The summed E-state index contributed by atoms with van der Waals surface area (Å²) in [6.45, 7) is 0.355. The molecule has 0 radical (unpaired) electrons. The molecule has 22 heavy (non-hydrogen) atoms. The van der Waals surface area contributed by atoms with E-state index in [0.717, 1.165) is 5.56 Å². The van der Waals surface area contributed by atoms with Gasteiger partial charge in [0.2, 0.25) is 0 Å². The molecule has 0 aliphatic rings. The fourth-order valence-corrected chi connectivity index (χ4v) is 2.00. The third-order valence-corrected chi connectivity index (χ3v) is 3.11. The van der Waals surface area contributed by atoms with Crippen LogP contribution in [0, 0.1) is 11.3 Å². The average Bonchev–Trinajstić information content (AvgIpc) is 2.55. The molecule has 1 N–H and O–H groups in total. The summed E-state index contributed by atoms with van der Waals surface area (Å²) in [5.74, 6) is -0.149. The zero-order valence-corrected chi connectivity index (χ0v) is 12.1. The zero-order chi connectivity index (χ0) is 15.9. The highest BCUT2D eigenvalue weighted by molar-refractivity contribution is 5.88. The Morgan fingerprint density at radius 1 is 1.23 bits per heavy atom. The van der Waals surface area contributed by atoms with Gasteiger partial charge in [-0.25, -0.2) is 4.79 Å². The summed E-state index contributed by atoms with van der Waals surface area (Å²) in [4.78, 5) is 11.0. The van der Waals surface area contributed by atoms with Gasteiger partial charge in [-0.05, 0) is 35.9 Å². The summed E-state index contributed by atoms with van der Waals surface area (Å²) in [6.07, 6.45) is 0.607. The first-order valence-corrected chi connectivity index (χ1v) is 6.67. The summed E-state index contributed by atoms with van der Waals surface area (Å²) >= 11 is 0. The van der Waals surface area contributed by atoms with E-state index in [2.05, 4.69) is 6.07 Å². The lowest BCUT2D eigenvalue weighted by Crippen LogP contribution is -2.04. The quantitative estimate of drug-likeness (QED) is 0.886. The Bertz CT molecular complexity index is 719. The van der Waals surface area contributed by atoms with Crippen molar-refractivity contribution in [1.82, 2.24) is 0 Å². The van der Waals surface area contributed by atoms with Crippen LogP contribution in [0.3, 0.4) is 0 Å². The first-order valence-electron chi connectivity index (χ1n) is 6.67. The van der Waals surface area contributed by atoms with E-state index in [4.69, 9.17) is 19.8 Å². The fraction of sp³-hybridized carbons (Fsp3) is 0.176. The van der Waals surface area contributed by atoms with Gasteiger partial charge < -0.3 is 14.6 Å². The van der Waals surface area contributed by atoms with Gasteiger partial charge in [0, 0.05) is 6.42 Å². The van der Waals surface area contributed by atoms with Crippen molar-refractivity contribution in [2.24, 2.45) is 0 Å². The maximum atomic E-state index is 11.0. The third kappa shape index (κ3) is 3.76. The number of hydrogen-bond donors (Lipinski definition) is 1. The lowest BCUT2D eigenvalue weighted by Gasteiger charge is -2.11. The molecule has 0 atom stereocenters. The summed E-state index contributed by atoms with van der Waals surface area (Å²) in [5.41, 5.74) is 1.72. The third-order valence-electron chi connectivity index (χ3n) is 3.11. The Balaban J connectivity index is 2.06. The maximum absolute atomic E-state index is 11.0. The normalized spacial score (nSPS) is 9.82. The van der Waals surface area contributed by atoms with Crippen LogP contribution >= 0.6 is 0 Å². The van der Waals surface area contributed by atoms with Gasteiger partial charge in [-0.3, -0.25) is 0 Å². The van der Waals surface area contributed by atoms with Crippen molar-refractivity contribution in [1.29, 1.82) is 5.26 Å². The van der Waals surface area contributed by atoms with Gasteiger partial charge in [-0.2, -0.15) is 5.26 Å². The SMILES string of the molecule is COc1ccc(C(=O)O)cc1OCCc1cccc(C#N)c1. The fourth-order valence-electron chi connectivity index (χ4n) is 2.00. The second kappa shape index (κ2) is 7.14. The van der Waals surface area contributed by atoms with Crippen molar-refractivity contribution < 1.29 is 19.4 Å². The molecule has 2 aromatic carbocycles. The first kappa shape index (κ1) is 15.4. The Labute approximate surface area is 128 Å². The van der Waals surface area contributed by atoms with Crippen LogP contribution in [0.25, 0.3) is 0 Å². The first-order chi connectivity index (χ1) is 10.6. The van der Waals surface area contributed by atoms with Gasteiger partial charge in [0.15, 0.2) is 11.5 Å². The van der Waals surface area contributed by atoms with E-state index in [0.29, 0.717) is 30.1 Å². The van der Waals surface area contributed by atoms with E-state index in [1.54, 1.807) is 18.2 Å². The molecule has 0 heterocycles. The molecule has 0 amide bonds. The number of aromatic carboxylic acids is 1. The lowest BCUT2D eigenvalue weighted by molar-refractivity contribution is 0.0696. The minimum Gasteiger partial charge on any atom is -0.493 e. The number of nitrogens with zero attached hydrogens (tertiary/aromatic N) is 1. The molecule has 0 fully saturated rings. The van der Waals surface area contributed by atoms with Crippen molar-refractivity contribution >= 4 is 5.97 Å². The van der Waals surface area contributed by atoms with E-state index >= 15 is 0 Å². The summed E-state index contributed by atoms with van der Waals surface area (Å²) in [5, 5.41) is 17.9. The minimum atomic E-state index is -1.02. The second-order valence-corrected chi connectivity index (χ2v) is 4.58.